The molecular weight excluding hydrogens is 384 g/mol. The summed E-state index contributed by atoms with van der Waals surface area (Å²) < 4.78 is 13.2. The molecule has 9 heteroatoms. The molecule has 0 aromatic carbocycles. The predicted octanol–water partition coefficient (Wildman–Crippen LogP) is 2.75. The average Bonchev–Trinajstić information content (AvgIpc) is 3.19. The van der Waals surface area contributed by atoms with Crippen LogP contribution in [0.2, 0.25) is 5.15 Å². The lowest BCUT2D eigenvalue weighted by Crippen LogP contribution is -2.23. The lowest BCUT2D eigenvalue weighted by molar-refractivity contribution is -0.134. The summed E-state index contributed by atoms with van der Waals surface area (Å²) in [6.45, 7) is 7.97. The maximum absolute atomic E-state index is 11.9. The lowest BCUT2D eigenvalue weighted by Gasteiger charge is -2.18. The van der Waals surface area contributed by atoms with Gasteiger partial charge in [-0.3, -0.25) is 10.1 Å². The van der Waals surface area contributed by atoms with Gasteiger partial charge >= 0.3 is 0 Å². The second kappa shape index (κ2) is 8.16. The van der Waals surface area contributed by atoms with E-state index in [1.165, 1.54) is 0 Å². The summed E-state index contributed by atoms with van der Waals surface area (Å²) in [5, 5.41) is 13.4. The van der Waals surface area contributed by atoms with Crippen LogP contribution in [0.15, 0.2) is 23.9 Å². The molecule has 3 rings (SSSR count). The normalized spacial score (nSPS) is 19.5. The van der Waals surface area contributed by atoms with Crippen molar-refractivity contribution in [3.05, 3.63) is 29.1 Å². The molecule has 0 saturated carbocycles. The van der Waals surface area contributed by atoms with Crippen LogP contribution < -0.4 is 5.32 Å². The monoisotopic (exact) mass is 408 g/mol. The number of nitrogens with zero attached hydrogens (tertiary/aromatic N) is 3. The number of allylic oxidation sites excluding steroid dienone is 1. The number of hydrogen-bond donors (Lipinski definition) is 2. The molecule has 0 spiro atoms. The van der Waals surface area contributed by atoms with E-state index in [0.717, 1.165) is 5.57 Å². The first kappa shape index (κ1) is 20.7. The van der Waals surface area contributed by atoms with Gasteiger partial charge in [-0.15, -0.1) is 0 Å². The second-order valence-electron chi connectivity index (χ2n) is 7.44. The number of ether oxygens (including phenoxy) is 2. The Morgan fingerprint density at radius 3 is 2.86 bits per heavy atom. The first-order valence-corrected chi connectivity index (χ1v) is 9.53. The minimum atomic E-state index is -0.663. The van der Waals surface area contributed by atoms with E-state index in [1.54, 1.807) is 13.8 Å². The quantitative estimate of drug-likeness (QED) is 0.563. The van der Waals surface area contributed by atoms with E-state index in [2.05, 4.69) is 15.3 Å². The van der Waals surface area contributed by atoms with Gasteiger partial charge in [0.1, 0.15) is 16.9 Å². The van der Waals surface area contributed by atoms with E-state index in [9.17, 15) is 9.90 Å². The molecule has 3 heterocycles. The van der Waals surface area contributed by atoms with Gasteiger partial charge in [-0.25, -0.2) is 0 Å². The number of rotatable bonds is 6. The van der Waals surface area contributed by atoms with Gasteiger partial charge in [0.25, 0.3) is 0 Å². The van der Waals surface area contributed by atoms with Gasteiger partial charge in [-0.1, -0.05) is 31.5 Å². The standard InChI is InChI=1S/C19H25ClN4O4/c1-11(2)17(26)23-18-21-15(20)13-6-8-24(16(13)22-18)7-5-12(9-25)14-10-27-19(3,4)28-14/h5-6,8,11,14,25H,7,9-10H2,1-4H3,(H,21,22,23,26)/b12-5-. The first-order valence-electron chi connectivity index (χ1n) is 9.15. The van der Waals surface area contributed by atoms with E-state index in [1.807, 2.05) is 36.8 Å². The molecule has 0 bridgehead atoms. The van der Waals surface area contributed by atoms with Crippen molar-refractivity contribution in [2.45, 2.75) is 46.1 Å². The van der Waals surface area contributed by atoms with E-state index >= 15 is 0 Å². The molecule has 1 fully saturated rings. The third-order valence-electron chi connectivity index (χ3n) is 4.49. The summed E-state index contributed by atoms with van der Waals surface area (Å²) >= 11 is 6.26. The van der Waals surface area contributed by atoms with E-state index < -0.39 is 5.79 Å². The molecule has 2 N–H and O–H groups in total. The number of aliphatic hydroxyl groups excluding tert-OH is 1. The Kier molecular flexibility index (Phi) is 6.04. The maximum atomic E-state index is 11.9. The molecule has 2 aromatic heterocycles. The summed E-state index contributed by atoms with van der Waals surface area (Å²) in [6.07, 6.45) is 3.43. The van der Waals surface area contributed by atoms with E-state index in [4.69, 9.17) is 21.1 Å². The van der Waals surface area contributed by atoms with E-state index in [-0.39, 0.29) is 35.6 Å². The van der Waals surface area contributed by atoms with Gasteiger partial charge in [0.15, 0.2) is 5.79 Å². The van der Waals surface area contributed by atoms with Gasteiger partial charge in [0.05, 0.1) is 18.6 Å². The molecule has 1 amide bonds. The Hall–Kier alpha value is -2.00. The number of fused-ring (bicyclic) bond motifs is 1. The third kappa shape index (κ3) is 4.52. The minimum Gasteiger partial charge on any atom is -0.392 e. The first-order chi connectivity index (χ1) is 13.2. The molecular formula is C19H25ClN4O4. The molecule has 1 saturated heterocycles. The van der Waals surface area contributed by atoms with Crippen LogP contribution in [0, 0.1) is 5.92 Å². The van der Waals surface area contributed by atoms with Crippen molar-refractivity contribution in [3.63, 3.8) is 0 Å². The summed E-state index contributed by atoms with van der Waals surface area (Å²) in [7, 11) is 0. The number of hydrogen-bond acceptors (Lipinski definition) is 6. The largest absolute Gasteiger partial charge is 0.392 e. The summed E-state index contributed by atoms with van der Waals surface area (Å²) in [5.41, 5.74) is 1.33. The molecule has 1 aliphatic rings. The molecule has 2 aromatic rings. The Morgan fingerprint density at radius 2 is 2.25 bits per heavy atom. The Bertz CT molecular complexity index is 907. The average molecular weight is 409 g/mol. The Balaban J connectivity index is 1.84. The number of aliphatic hydroxyl groups is 1. The summed E-state index contributed by atoms with van der Waals surface area (Å²) in [5.74, 6) is -0.880. The zero-order chi connectivity index (χ0) is 20.5. The highest BCUT2D eigenvalue weighted by Crippen LogP contribution is 2.27. The topological polar surface area (TPSA) is 98.5 Å². The molecule has 0 aliphatic carbocycles. The molecule has 0 radical (unpaired) electrons. The van der Waals surface area contributed by atoms with Crippen LogP contribution in [0.1, 0.15) is 27.7 Å². The fraction of sp³-hybridized carbons (Fsp3) is 0.526. The third-order valence-corrected chi connectivity index (χ3v) is 4.77. The minimum absolute atomic E-state index is 0.130. The van der Waals surface area contributed by atoms with Crippen LogP contribution >= 0.6 is 11.6 Å². The van der Waals surface area contributed by atoms with Crippen LogP contribution in [-0.4, -0.2) is 50.7 Å². The number of carbonyl (C=O) groups is 1. The predicted molar refractivity (Wildman–Crippen MR) is 106 cm³/mol. The van der Waals surface area contributed by atoms with Crippen molar-refractivity contribution in [3.8, 4) is 0 Å². The highest BCUT2D eigenvalue weighted by molar-refractivity contribution is 6.34. The Labute approximate surface area is 168 Å². The number of carbonyl (C=O) groups excluding carboxylic acids is 1. The van der Waals surface area contributed by atoms with Crippen molar-refractivity contribution in [2.75, 3.05) is 18.5 Å². The smallest absolute Gasteiger partial charge is 0.232 e. The van der Waals surface area contributed by atoms with Crippen LogP contribution in [0.5, 0.6) is 0 Å². The van der Waals surface area contributed by atoms with Crippen molar-refractivity contribution in [2.24, 2.45) is 5.92 Å². The van der Waals surface area contributed by atoms with Crippen LogP contribution in [0.3, 0.4) is 0 Å². The zero-order valence-corrected chi connectivity index (χ0v) is 17.2. The van der Waals surface area contributed by atoms with Crippen LogP contribution in [0.25, 0.3) is 11.0 Å². The van der Waals surface area contributed by atoms with Crippen molar-refractivity contribution < 1.29 is 19.4 Å². The fourth-order valence-corrected chi connectivity index (χ4v) is 3.10. The number of halogens is 1. The maximum Gasteiger partial charge on any atom is 0.232 e. The lowest BCUT2D eigenvalue weighted by atomic mass is 10.1. The molecule has 1 unspecified atom stereocenters. The van der Waals surface area contributed by atoms with Crippen LogP contribution in [-0.2, 0) is 20.8 Å². The highest BCUT2D eigenvalue weighted by atomic mass is 35.5. The van der Waals surface area contributed by atoms with Crippen molar-refractivity contribution in [1.29, 1.82) is 0 Å². The van der Waals surface area contributed by atoms with E-state index in [0.29, 0.717) is 24.2 Å². The van der Waals surface area contributed by atoms with Crippen LogP contribution in [0.4, 0.5) is 5.95 Å². The van der Waals surface area contributed by atoms with Gasteiger partial charge in [-0.05, 0) is 25.5 Å². The molecule has 1 atom stereocenters. The second-order valence-corrected chi connectivity index (χ2v) is 7.80. The van der Waals surface area contributed by atoms with Gasteiger partial charge < -0.3 is 19.1 Å². The number of amides is 1. The van der Waals surface area contributed by atoms with Gasteiger partial charge in [-0.2, -0.15) is 9.97 Å². The molecule has 152 valence electrons. The van der Waals surface area contributed by atoms with Gasteiger partial charge in [0.2, 0.25) is 11.9 Å². The molecule has 1 aliphatic heterocycles. The Morgan fingerprint density at radius 1 is 1.50 bits per heavy atom. The number of nitrogens with one attached hydrogen (secondary N) is 1. The molecule has 8 nitrogen and oxygen atoms in total. The van der Waals surface area contributed by atoms with Crippen molar-refractivity contribution >= 4 is 34.5 Å². The zero-order valence-electron chi connectivity index (χ0n) is 16.4. The fourth-order valence-electron chi connectivity index (χ4n) is 2.87. The summed E-state index contributed by atoms with van der Waals surface area (Å²) in [6, 6.07) is 1.82. The SMILES string of the molecule is CC(C)C(=O)Nc1nc(Cl)c2ccn(C/C=C(/CO)C3COC(C)(C)O3)c2n1. The summed E-state index contributed by atoms with van der Waals surface area (Å²) in [4.78, 5) is 20.5. The molecule has 28 heavy (non-hydrogen) atoms. The van der Waals surface area contributed by atoms with Gasteiger partial charge in [0, 0.05) is 18.7 Å². The van der Waals surface area contributed by atoms with Crippen molar-refractivity contribution in [1.82, 2.24) is 14.5 Å². The number of anilines is 1. The number of aromatic nitrogens is 3. The highest BCUT2D eigenvalue weighted by Gasteiger charge is 2.34.